The first-order valence-electron chi connectivity index (χ1n) is 6.12. The van der Waals surface area contributed by atoms with E-state index in [1.165, 1.54) is 0 Å². The Morgan fingerprint density at radius 1 is 1.41 bits per heavy atom. The van der Waals surface area contributed by atoms with E-state index in [0.29, 0.717) is 5.82 Å². The lowest BCUT2D eigenvalue weighted by Gasteiger charge is -2.20. The summed E-state index contributed by atoms with van der Waals surface area (Å²) in [6.45, 7) is 7.72. The van der Waals surface area contributed by atoms with Crippen molar-refractivity contribution >= 4 is 5.97 Å². The molecule has 5 nitrogen and oxygen atoms in total. The van der Waals surface area contributed by atoms with Gasteiger partial charge in [-0.05, 0) is 19.3 Å². The fraction of sp³-hybridized carbons (Fsp3) is 0.750. The van der Waals surface area contributed by atoms with Crippen molar-refractivity contribution in [1.82, 2.24) is 14.8 Å². The molecular formula is C12H21N3O2. The predicted octanol–water partition coefficient (Wildman–Crippen LogP) is 2.21. The second kappa shape index (κ2) is 5.80. The summed E-state index contributed by atoms with van der Waals surface area (Å²) in [7, 11) is 0. The van der Waals surface area contributed by atoms with E-state index in [0.717, 1.165) is 25.1 Å². The number of carboxylic acids is 1. The van der Waals surface area contributed by atoms with Crippen molar-refractivity contribution in [2.45, 2.75) is 53.0 Å². The molecule has 0 aromatic carbocycles. The first-order valence-corrected chi connectivity index (χ1v) is 6.12. The van der Waals surface area contributed by atoms with Crippen LogP contribution in [-0.2, 0) is 11.2 Å². The van der Waals surface area contributed by atoms with Crippen LogP contribution in [0.5, 0.6) is 0 Å². The number of unbranched alkanes of at least 4 members (excludes halogenated alkanes) is 1. The second-order valence-electron chi connectivity index (χ2n) is 4.66. The number of carbonyl (C=O) groups is 1. The van der Waals surface area contributed by atoms with Crippen LogP contribution in [-0.4, -0.2) is 25.8 Å². The summed E-state index contributed by atoms with van der Waals surface area (Å²) in [4.78, 5) is 11.3. The highest BCUT2D eigenvalue weighted by Crippen LogP contribution is 2.22. The predicted molar refractivity (Wildman–Crippen MR) is 64.9 cm³/mol. The molecule has 1 rings (SSSR count). The van der Waals surface area contributed by atoms with Gasteiger partial charge < -0.3 is 9.67 Å². The van der Waals surface area contributed by atoms with Crippen molar-refractivity contribution in [3.8, 4) is 0 Å². The Hall–Kier alpha value is -1.39. The molecule has 5 heteroatoms. The minimum Gasteiger partial charge on any atom is -0.480 e. The van der Waals surface area contributed by atoms with Gasteiger partial charge in [-0.15, -0.1) is 10.2 Å². The van der Waals surface area contributed by atoms with Crippen LogP contribution in [0.25, 0.3) is 0 Å². The number of carboxylic acid groups (broad SMARTS) is 1. The maximum Gasteiger partial charge on any atom is 0.327 e. The summed E-state index contributed by atoms with van der Waals surface area (Å²) in [5, 5.41) is 17.4. The van der Waals surface area contributed by atoms with Crippen molar-refractivity contribution in [3.63, 3.8) is 0 Å². The van der Waals surface area contributed by atoms with Gasteiger partial charge in [0.05, 0.1) is 0 Å². The van der Waals surface area contributed by atoms with Crippen LogP contribution in [0, 0.1) is 12.8 Å². The molecule has 96 valence electrons. The van der Waals surface area contributed by atoms with Gasteiger partial charge in [-0.1, -0.05) is 27.2 Å². The third-order valence-corrected chi connectivity index (χ3v) is 2.85. The highest BCUT2D eigenvalue weighted by atomic mass is 16.4. The monoisotopic (exact) mass is 239 g/mol. The van der Waals surface area contributed by atoms with Gasteiger partial charge in [0.1, 0.15) is 17.7 Å². The lowest BCUT2D eigenvalue weighted by Crippen LogP contribution is -2.26. The summed E-state index contributed by atoms with van der Waals surface area (Å²) in [5.41, 5.74) is 0. The first kappa shape index (κ1) is 13.7. The molecule has 1 unspecified atom stereocenters. The zero-order chi connectivity index (χ0) is 13.0. The van der Waals surface area contributed by atoms with Gasteiger partial charge in [0, 0.05) is 6.42 Å². The average Bonchev–Trinajstić information content (AvgIpc) is 2.57. The molecule has 1 atom stereocenters. The Morgan fingerprint density at radius 3 is 2.53 bits per heavy atom. The smallest absolute Gasteiger partial charge is 0.327 e. The molecule has 1 aromatic rings. The number of hydrogen-bond acceptors (Lipinski definition) is 3. The molecule has 0 saturated heterocycles. The summed E-state index contributed by atoms with van der Waals surface area (Å²) in [6.07, 6.45) is 2.85. The fourth-order valence-corrected chi connectivity index (χ4v) is 1.97. The third-order valence-electron chi connectivity index (χ3n) is 2.85. The van der Waals surface area contributed by atoms with E-state index in [1.54, 1.807) is 11.5 Å². The van der Waals surface area contributed by atoms with Crippen molar-refractivity contribution in [3.05, 3.63) is 11.6 Å². The van der Waals surface area contributed by atoms with E-state index in [1.807, 2.05) is 13.8 Å². The number of rotatable bonds is 6. The number of aliphatic carboxylic acids is 1. The van der Waals surface area contributed by atoms with E-state index in [9.17, 15) is 9.90 Å². The summed E-state index contributed by atoms with van der Waals surface area (Å²) < 4.78 is 1.77. The fourth-order valence-electron chi connectivity index (χ4n) is 1.97. The number of nitrogens with zero attached hydrogens (tertiary/aromatic N) is 3. The van der Waals surface area contributed by atoms with Crippen molar-refractivity contribution in [2.24, 2.45) is 5.92 Å². The molecule has 0 radical (unpaired) electrons. The summed E-state index contributed by atoms with van der Waals surface area (Å²) >= 11 is 0. The number of aryl methyl sites for hydroxylation is 2. The van der Waals surface area contributed by atoms with Gasteiger partial charge in [-0.2, -0.15) is 0 Å². The minimum atomic E-state index is -0.819. The van der Waals surface area contributed by atoms with Gasteiger partial charge in [-0.3, -0.25) is 0 Å². The lowest BCUT2D eigenvalue weighted by atomic mass is 10.0. The van der Waals surface area contributed by atoms with Crippen LogP contribution in [0.3, 0.4) is 0 Å². The van der Waals surface area contributed by atoms with Crippen molar-refractivity contribution in [2.75, 3.05) is 0 Å². The molecule has 1 aromatic heterocycles. The Labute approximate surface area is 102 Å². The highest BCUT2D eigenvalue weighted by Gasteiger charge is 2.27. The standard InChI is InChI=1S/C12H21N3O2/c1-5-6-7-10-14-13-9(4)15(10)11(8(2)3)12(16)17/h8,11H,5-7H2,1-4H3,(H,16,17). The normalized spacial score (nSPS) is 13.0. The van der Waals surface area contributed by atoms with Crippen LogP contribution in [0.4, 0.5) is 0 Å². The van der Waals surface area contributed by atoms with Gasteiger partial charge >= 0.3 is 5.97 Å². The van der Waals surface area contributed by atoms with Crippen LogP contribution >= 0.6 is 0 Å². The number of aromatic nitrogens is 3. The molecule has 0 spiro atoms. The zero-order valence-corrected chi connectivity index (χ0v) is 11.0. The molecule has 0 saturated carbocycles. The van der Waals surface area contributed by atoms with Gasteiger partial charge in [0.25, 0.3) is 0 Å². The Balaban J connectivity index is 3.08. The quantitative estimate of drug-likeness (QED) is 0.826. The molecule has 1 N–H and O–H groups in total. The van der Waals surface area contributed by atoms with E-state index in [2.05, 4.69) is 17.1 Å². The van der Waals surface area contributed by atoms with Gasteiger partial charge in [0.2, 0.25) is 0 Å². The first-order chi connectivity index (χ1) is 7.99. The Bertz CT molecular complexity index is 385. The van der Waals surface area contributed by atoms with Crippen LogP contribution in [0.2, 0.25) is 0 Å². The lowest BCUT2D eigenvalue weighted by molar-refractivity contribution is -0.142. The van der Waals surface area contributed by atoms with Crippen molar-refractivity contribution in [1.29, 1.82) is 0 Å². The molecule has 0 fully saturated rings. The summed E-state index contributed by atoms with van der Waals surface area (Å²) in [5.74, 6) is 0.658. The largest absolute Gasteiger partial charge is 0.480 e. The second-order valence-corrected chi connectivity index (χ2v) is 4.66. The Kier molecular flexibility index (Phi) is 4.66. The van der Waals surface area contributed by atoms with Gasteiger partial charge in [0.15, 0.2) is 0 Å². The maximum absolute atomic E-state index is 11.3. The molecule has 0 aliphatic carbocycles. The van der Waals surface area contributed by atoms with Crippen LogP contribution < -0.4 is 0 Å². The third kappa shape index (κ3) is 3.05. The number of hydrogen-bond donors (Lipinski definition) is 1. The maximum atomic E-state index is 11.3. The van der Waals surface area contributed by atoms with Crippen LogP contribution in [0.1, 0.15) is 51.3 Å². The Morgan fingerprint density at radius 2 is 2.06 bits per heavy atom. The van der Waals surface area contributed by atoms with E-state index < -0.39 is 12.0 Å². The van der Waals surface area contributed by atoms with E-state index in [4.69, 9.17) is 0 Å². The van der Waals surface area contributed by atoms with Crippen molar-refractivity contribution < 1.29 is 9.90 Å². The molecule has 17 heavy (non-hydrogen) atoms. The molecule has 0 aliphatic rings. The minimum absolute atomic E-state index is 0.0163. The van der Waals surface area contributed by atoms with Crippen LogP contribution in [0.15, 0.2) is 0 Å². The zero-order valence-electron chi connectivity index (χ0n) is 11.0. The average molecular weight is 239 g/mol. The molecular weight excluding hydrogens is 218 g/mol. The molecule has 0 bridgehead atoms. The molecule has 0 amide bonds. The van der Waals surface area contributed by atoms with Gasteiger partial charge in [-0.25, -0.2) is 4.79 Å². The summed E-state index contributed by atoms with van der Waals surface area (Å²) in [6, 6.07) is -0.572. The molecule has 1 heterocycles. The SMILES string of the molecule is CCCCc1nnc(C)n1C(C(=O)O)C(C)C. The molecule has 0 aliphatic heterocycles. The van der Waals surface area contributed by atoms with E-state index in [-0.39, 0.29) is 5.92 Å². The highest BCUT2D eigenvalue weighted by molar-refractivity contribution is 5.72. The van der Waals surface area contributed by atoms with E-state index >= 15 is 0 Å². The topological polar surface area (TPSA) is 68.0 Å².